The Labute approximate surface area is 173 Å². The number of hydrogen-bond donors (Lipinski definition) is 1. The number of fused-ring (bicyclic) bond motifs is 1. The number of para-hydroxylation sites is 1. The maximum absolute atomic E-state index is 11.5. The maximum Gasteiger partial charge on any atom is 0.224 e. The molecule has 0 aliphatic carbocycles. The molecule has 2 aliphatic rings. The first kappa shape index (κ1) is 20.5. The average molecular weight is 402 g/mol. The number of benzene rings is 2. The van der Waals surface area contributed by atoms with Crippen LogP contribution in [0.1, 0.15) is 18.4 Å². The van der Waals surface area contributed by atoms with Gasteiger partial charge in [-0.25, -0.2) is 0 Å². The molecule has 2 aromatic rings. The number of nitrogens with one attached hydrogen (secondary N) is 1. The monoisotopic (exact) mass is 401 g/mol. The van der Waals surface area contributed by atoms with E-state index in [2.05, 4.69) is 45.4 Å². The van der Waals surface area contributed by atoms with E-state index in [1.807, 2.05) is 18.2 Å². The van der Waals surface area contributed by atoms with Gasteiger partial charge in [-0.15, -0.1) is 12.4 Å². The van der Waals surface area contributed by atoms with E-state index < -0.39 is 0 Å². The number of amides is 1. The summed E-state index contributed by atoms with van der Waals surface area (Å²) in [6.07, 6.45) is 2.32. The molecule has 1 amide bonds. The van der Waals surface area contributed by atoms with Gasteiger partial charge in [-0.05, 0) is 37.1 Å². The molecule has 5 nitrogen and oxygen atoms in total. The highest BCUT2D eigenvalue weighted by atomic mass is 35.5. The summed E-state index contributed by atoms with van der Waals surface area (Å²) in [4.78, 5) is 16.5. The van der Waals surface area contributed by atoms with Crippen molar-refractivity contribution in [1.29, 1.82) is 0 Å². The van der Waals surface area contributed by atoms with E-state index in [4.69, 9.17) is 4.74 Å². The van der Waals surface area contributed by atoms with Crippen LogP contribution in [-0.4, -0.2) is 50.1 Å². The summed E-state index contributed by atoms with van der Waals surface area (Å²) >= 11 is 0. The van der Waals surface area contributed by atoms with Crippen molar-refractivity contribution in [2.45, 2.75) is 19.3 Å². The predicted octanol–water partition coefficient (Wildman–Crippen LogP) is 3.58. The molecule has 2 aromatic carbocycles. The van der Waals surface area contributed by atoms with Gasteiger partial charge in [0, 0.05) is 56.1 Å². The van der Waals surface area contributed by atoms with Crippen LogP contribution in [0.25, 0.3) is 0 Å². The van der Waals surface area contributed by atoms with Crippen molar-refractivity contribution >= 4 is 29.7 Å². The van der Waals surface area contributed by atoms with E-state index in [0.29, 0.717) is 13.0 Å². The molecule has 0 saturated carbocycles. The topological polar surface area (TPSA) is 44.8 Å². The van der Waals surface area contributed by atoms with E-state index in [-0.39, 0.29) is 18.3 Å². The quantitative estimate of drug-likeness (QED) is 0.751. The van der Waals surface area contributed by atoms with E-state index in [1.54, 1.807) is 0 Å². The fourth-order valence-corrected chi connectivity index (χ4v) is 3.87. The fourth-order valence-electron chi connectivity index (χ4n) is 3.87. The highest BCUT2D eigenvalue weighted by Gasteiger charge is 2.19. The first-order chi connectivity index (χ1) is 13.3. The summed E-state index contributed by atoms with van der Waals surface area (Å²) in [6, 6.07) is 16.6. The Morgan fingerprint density at radius 3 is 2.50 bits per heavy atom. The van der Waals surface area contributed by atoms with Crippen LogP contribution in [0.2, 0.25) is 0 Å². The fraction of sp³-hybridized carbons (Fsp3) is 0.409. The maximum atomic E-state index is 11.5. The number of hydrogen-bond acceptors (Lipinski definition) is 4. The molecule has 6 heteroatoms. The zero-order chi connectivity index (χ0) is 18.5. The zero-order valence-corrected chi connectivity index (χ0v) is 16.9. The van der Waals surface area contributed by atoms with Gasteiger partial charge in [0.2, 0.25) is 5.91 Å². The Morgan fingerprint density at radius 1 is 0.929 bits per heavy atom. The van der Waals surface area contributed by atoms with Crippen LogP contribution in [0.4, 0.5) is 11.4 Å². The number of anilines is 2. The minimum atomic E-state index is 0. The third-order valence-corrected chi connectivity index (χ3v) is 5.38. The number of nitrogens with zero attached hydrogens (tertiary/aromatic N) is 2. The lowest BCUT2D eigenvalue weighted by atomic mass is 10.0. The summed E-state index contributed by atoms with van der Waals surface area (Å²) in [5.41, 5.74) is 3.36. The molecular formula is C22H28ClN3O2. The van der Waals surface area contributed by atoms with E-state index in [9.17, 15) is 4.79 Å². The highest BCUT2D eigenvalue weighted by Crippen LogP contribution is 2.31. The molecule has 2 aliphatic heterocycles. The second kappa shape index (κ2) is 9.80. The first-order valence-corrected chi connectivity index (χ1v) is 9.86. The van der Waals surface area contributed by atoms with Crippen molar-refractivity contribution < 1.29 is 9.53 Å². The van der Waals surface area contributed by atoms with Gasteiger partial charge in [-0.1, -0.05) is 24.3 Å². The lowest BCUT2D eigenvalue weighted by Gasteiger charge is -2.36. The molecule has 4 rings (SSSR count). The molecule has 0 bridgehead atoms. The molecule has 2 heterocycles. The van der Waals surface area contributed by atoms with Gasteiger partial charge in [-0.2, -0.15) is 0 Å². The first-order valence-electron chi connectivity index (χ1n) is 9.86. The number of ether oxygens (including phenoxy) is 1. The van der Waals surface area contributed by atoms with Crippen LogP contribution in [0.3, 0.4) is 0 Å². The molecule has 150 valence electrons. The summed E-state index contributed by atoms with van der Waals surface area (Å²) in [5.74, 6) is 1.01. The third-order valence-electron chi connectivity index (χ3n) is 5.38. The Morgan fingerprint density at radius 2 is 1.71 bits per heavy atom. The molecule has 0 unspecified atom stereocenters. The minimum absolute atomic E-state index is 0. The summed E-state index contributed by atoms with van der Waals surface area (Å²) in [5, 5.41) is 2.93. The Balaban J connectivity index is 0.00000225. The van der Waals surface area contributed by atoms with Crippen molar-refractivity contribution in [3.8, 4) is 5.75 Å². The number of piperazine rings is 1. The number of carbonyl (C=O) groups excluding carboxylic acids is 1. The van der Waals surface area contributed by atoms with Crippen molar-refractivity contribution in [3.05, 3.63) is 54.1 Å². The molecule has 1 fully saturated rings. The van der Waals surface area contributed by atoms with Crippen molar-refractivity contribution in [2.75, 3.05) is 49.5 Å². The molecule has 28 heavy (non-hydrogen) atoms. The van der Waals surface area contributed by atoms with Crippen LogP contribution < -0.4 is 15.0 Å². The van der Waals surface area contributed by atoms with Crippen LogP contribution >= 0.6 is 12.4 Å². The number of carbonyl (C=O) groups is 1. The lowest BCUT2D eigenvalue weighted by molar-refractivity contribution is -0.116. The van der Waals surface area contributed by atoms with Gasteiger partial charge < -0.3 is 15.0 Å². The van der Waals surface area contributed by atoms with Crippen molar-refractivity contribution in [1.82, 2.24) is 4.90 Å². The molecule has 0 radical (unpaired) electrons. The van der Waals surface area contributed by atoms with Gasteiger partial charge in [-0.3, -0.25) is 9.69 Å². The number of halogens is 1. The summed E-state index contributed by atoms with van der Waals surface area (Å²) < 4.78 is 6.03. The van der Waals surface area contributed by atoms with Gasteiger partial charge in [0.1, 0.15) is 5.75 Å². The normalized spacial score (nSPS) is 16.7. The van der Waals surface area contributed by atoms with Crippen LogP contribution in [0, 0.1) is 0 Å². The molecule has 0 atom stereocenters. The summed E-state index contributed by atoms with van der Waals surface area (Å²) in [6.45, 7) is 6.13. The van der Waals surface area contributed by atoms with E-state index >= 15 is 0 Å². The van der Waals surface area contributed by atoms with Gasteiger partial charge in [0.25, 0.3) is 0 Å². The van der Waals surface area contributed by atoms with Crippen molar-refractivity contribution in [3.63, 3.8) is 0 Å². The average Bonchev–Trinajstić information content (AvgIpc) is 2.72. The molecule has 1 saturated heterocycles. The smallest absolute Gasteiger partial charge is 0.224 e. The number of rotatable bonds is 6. The largest absolute Gasteiger partial charge is 0.493 e. The van der Waals surface area contributed by atoms with E-state index in [0.717, 1.165) is 62.6 Å². The Hall–Kier alpha value is -2.24. The minimum Gasteiger partial charge on any atom is -0.493 e. The standard InChI is InChI=1S/C22H27N3O2.ClH/c26-22-11-10-19-20(23-22)8-4-9-21(19)27-17-5-12-24-13-15-25(16-14-24)18-6-2-1-3-7-18;/h1-4,6-9H,5,10-17H2,(H,23,26);1H. The van der Waals surface area contributed by atoms with E-state index in [1.165, 1.54) is 5.69 Å². The Kier molecular flexibility index (Phi) is 7.18. The second-order valence-electron chi connectivity index (χ2n) is 7.20. The highest BCUT2D eigenvalue weighted by molar-refractivity contribution is 5.94. The molecular weight excluding hydrogens is 374 g/mol. The molecule has 0 aromatic heterocycles. The second-order valence-corrected chi connectivity index (χ2v) is 7.20. The Bertz CT molecular complexity index is 777. The lowest BCUT2D eigenvalue weighted by Crippen LogP contribution is -2.46. The molecule has 1 N–H and O–H groups in total. The SMILES string of the molecule is Cl.O=C1CCc2c(cccc2OCCCN2CCN(c3ccccc3)CC2)N1. The van der Waals surface area contributed by atoms with Crippen LogP contribution in [0.5, 0.6) is 5.75 Å². The van der Waals surface area contributed by atoms with Crippen molar-refractivity contribution in [2.24, 2.45) is 0 Å². The predicted molar refractivity (Wildman–Crippen MR) is 116 cm³/mol. The van der Waals surface area contributed by atoms with Crippen LogP contribution in [0.15, 0.2) is 48.5 Å². The summed E-state index contributed by atoms with van der Waals surface area (Å²) in [7, 11) is 0. The van der Waals surface area contributed by atoms with Gasteiger partial charge in [0.05, 0.1) is 6.61 Å². The van der Waals surface area contributed by atoms with Crippen LogP contribution in [-0.2, 0) is 11.2 Å². The third kappa shape index (κ3) is 4.97. The van der Waals surface area contributed by atoms with Gasteiger partial charge >= 0.3 is 0 Å². The zero-order valence-electron chi connectivity index (χ0n) is 16.1. The molecule has 0 spiro atoms. The van der Waals surface area contributed by atoms with Gasteiger partial charge in [0.15, 0.2) is 0 Å².